The van der Waals surface area contributed by atoms with Gasteiger partial charge in [-0.1, -0.05) is 23.7 Å². The molecule has 0 saturated heterocycles. The van der Waals surface area contributed by atoms with Crippen molar-refractivity contribution in [1.29, 1.82) is 0 Å². The second-order valence-corrected chi connectivity index (χ2v) is 7.13. The Morgan fingerprint density at radius 2 is 1.84 bits per heavy atom. The molecule has 0 amide bonds. The molecule has 0 atom stereocenters. The molecular formula is C14H10ClF3N2O4S. The van der Waals surface area contributed by atoms with Gasteiger partial charge in [0, 0.05) is 17.2 Å². The second-order valence-electron chi connectivity index (χ2n) is 4.98. The third-order valence-electron chi connectivity index (χ3n) is 3.03. The van der Waals surface area contributed by atoms with Crippen LogP contribution in [-0.2, 0) is 22.0 Å². The Morgan fingerprint density at radius 1 is 1.16 bits per heavy atom. The summed E-state index contributed by atoms with van der Waals surface area (Å²) in [5.41, 5.74) is -2.18. The van der Waals surface area contributed by atoms with E-state index >= 15 is 0 Å². The van der Waals surface area contributed by atoms with Crippen LogP contribution in [0.4, 0.5) is 24.5 Å². The number of nitro benzene ring substituents is 1. The summed E-state index contributed by atoms with van der Waals surface area (Å²) in [6, 6.07) is 7.42. The van der Waals surface area contributed by atoms with Gasteiger partial charge in [0.15, 0.2) is 0 Å². The van der Waals surface area contributed by atoms with Crippen LogP contribution in [0.2, 0.25) is 5.02 Å². The predicted molar refractivity (Wildman–Crippen MR) is 85.8 cm³/mol. The van der Waals surface area contributed by atoms with E-state index in [4.69, 9.17) is 11.6 Å². The van der Waals surface area contributed by atoms with Crippen molar-refractivity contribution in [2.75, 3.05) is 4.72 Å². The van der Waals surface area contributed by atoms with Gasteiger partial charge in [-0.15, -0.1) is 0 Å². The lowest BCUT2D eigenvalue weighted by Gasteiger charge is -2.15. The molecule has 0 aliphatic heterocycles. The van der Waals surface area contributed by atoms with Gasteiger partial charge < -0.3 is 0 Å². The van der Waals surface area contributed by atoms with Gasteiger partial charge in [0.05, 0.1) is 21.9 Å². The summed E-state index contributed by atoms with van der Waals surface area (Å²) in [6.07, 6.45) is -4.81. The Kier molecular flexibility index (Phi) is 5.23. The predicted octanol–water partition coefficient (Wildman–Crippen LogP) is 4.21. The first kappa shape index (κ1) is 19.0. The van der Waals surface area contributed by atoms with Gasteiger partial charge in [-0.05, 0) is 23.8 Å². The highest BCUT2D eigenvalue weighted by Gasteiger charge is 2.34. The van der Waals surface area contributed by atoms with E-state index in [1.165, 1.54) is 18.2 Å². The summed E-state index contributed by atoms with van der Waals surface area (Å²) in [4.78, 5) is 10.00. The lowest BCUT2D eigenvalue weighted by molar-refractivity contribution is -0.384. The number of rotatable bonds is 5. The molecule has 11 heteroatoms. The van der Waals surface area contributed by atoms with Crippen LogP contribution in [-0.4, -0.2) is 13.3 Å². The third kappa shape index (κ3) is 5.07. The van der Waals surface area contributed by atoms with Gasteiger partial charge >= 0.3 is 6.18 Å². The van der Waals surface area contributed by atoms with E-state index in [0.29, 0.717) is 6.07 Å². The van der Waals surface area contributed by atoms with Crippen molar-refractivity contribution < 1.29 is 26.5 Å². The average Bonchev–Trinajstić information content (AvgIpc) is 2.47. The number of hydrogen-bond donors (Lipinski definition) is 1. The Hall–Kier alpha value is -2.33. The van der Waals surface area contributed by atoms with Crippen molar-refractivity contribution in [3.63, 3.8) is 0 Å². The van der Waals surface area contributed by atoms with E-state index in [2.05, 4.69) is 0 Å². The van der Waals surface area contributed by atoms with Gasteiger partial charge in [0.25, 0.3) is 5.69 Å². The molecule has 0 saturated carbocycles. The quantitative estimate of drug-likeness (QED) is 0.607. The molecule has 0 aliphatic carbocycles. The van der Waals surface area contributed by atoms with E-state index in [1.54, 1.807) is 0 Å². The SMILES string of the molecule is O=[N+]([O-])c1cccc(CS(=O)(=O)Nc2ccc(Cl)cc2C(F)(F)F)c1. The van der Waals surface area contributed by atoms with Crippen molar-refractivity contribution in [3.8, 4) is 0 Å². The van der Waals surface area contributed by atoms with Crippen LogP contribution in [0.3, 0.4) is 0 Å². The fourth-order valence-corrected chi connectivity index (χ4v) is 3.40. The molecule has 0 bridgehead atoms. The number of nitro groups is 1. The molecule has 134 valence electrons. The number of sulfonamides is 1. The molecule has 2 rings (SSSR count). The lowest BCUT2D eigenvalue weighted by Crippen LogP contribution is -2.18. The van der Waals surface area contributed by atoms with E-state index in [1.807, 2.05) is 4.72 Å². The van der Waals surface area contributed by atoms with E-state index in [9.17, 15) is 31.7 Å². The van der Waals surface area contributed by atoms with E-state index in [0.717, 1.165) is 18.2 Å². The van der Waals surface area contributed by atoms with Crippen molar-refractivity contribution in [2.45, 2.75) is 11.9 Å². The number of anilines is 1. The normalized spacial score (nSPS) is 12.0. The molecule has 0 fully saturated rings. The Labute approximate surface area is 145 Å². The minimum Gasteiger partial charge on any atom is -0.283 e. The number of benzene rings is 2. The van der Waals surface area contributed by atoms with Gasteiger partial charge in [-0.25, -0.2) is 8.42 Å². The van der Waals surface area contributed by atoms with Gasteiger partial charge in [0.1, 0.15) is 0 Å². The molecule has 1 N–H and O–H groups in total. The van der Waals surface area contributed by atoms with Crippen molar-refractivity contribution in [3.05, 3.63) is 68.7 Å². The third-order valence-corrected chi connectivity index (χ3v) is 4.51. The molecule has 25 heavy (non-hydrogen) atoms. The molecule has 0 radical (unpaired) electrons. The molecule has 6 nitrogen and oxygen atoms in total. The number of non-ortho nitro benzene ring substituents is 1. The standard InChI is InChI=1S/C14H10ClF3N2O4S/c15-10-4-5-13(12(7-10)14(16,17)18)19-25(23,24)8-9-2-1-3-11(6-9)20(21)22/h1-7,19H,8H2. The average molecular weight is 395 g/mol. The summed E-state index contributed by atoms with van der Waals surface area (Å²) in [5.74, 6) is -0.728. The first-order chi connectivity index (χ1) is 11.5. The highest BCUT2D eigenvalue weighted by atomic mass is 35.5. The number of nitrogens with zero attached hydrogens (tertiary/aromatic N) is 1. The van der Waals surface area contributed by atoms with Crippen LogP contribution >= 0.6 is 11.6 Å². The van der Waals surface area contributed by atoms with Crippen LogP contribution in [0.25, 0.3) is 0 Å². The molecule has 0 unspecified atom stereocenters. The lowest BCUT2D eigenvalue weighted by atomic mass is 10.2. The Morgan fingerprint density at radius 3 is 2.44 bits per heavy atom. The smallest absolute Gasteiger partial charge is 0.283 e. The fourth-order valence-electron chi connectivity index (χ4n) is 2.02. The zero-order chi connectivity index (χ0) is 18.8. The number of alkyl halides is 3. The van der Waals surface area contributed by atoms with Crippen LogP contribution in [0.15, 0.2) is 42.5 Å². The molecule has 0 aliphatic rings. The van der Waals surface area contributed by atoms with Crippen molar-refractivity contribution >= 4 is 33.0 Å². The fraction of sp³-hybridized carbons (Fsp3) is 0.143. The van der Waals surface area contributed by atoms with Crippen LogP contribution in [0.5, 0.6) is 0 Å². The molecule has 0 heterocycles. The van der Waals surface area contributed by atoms with Crippen molar-refractivity contribution in [1.82, 2.24) is 0 Å². The van der Waals surface area contributed by atoms with Crippen LogP contribution in [0.1, 0.15) is 11.1 Å². The van der Waals surface area contributed by atoms with Crippen LogP contribution < -0.4 is 4.72 Å². The summed E-state index contributed by atoms with van der Waals surface area (Å²) in [7, 11) is -4.24. The maximum atomic E-state index is 13.0. The zero-order valence-electron chi connectivity index (χ0n) is 12.2. The Balaban J connectivity index is 2.31. The Bertz CT molecular complexity index is 917. The molecule has 2 aromatic rings. The number of halogens is 4. The summed E-state index contributed by atoms with van der Waals surface area (Å²) < 4.78 is 65.1. The maximum absolute atomic E-state index is 13.0. The second kappa shape index (κ2) is 6.89. The van der Waals surface area contributed by atoms with Crippen molar-refractivity contribution in [2.24, 2.45) is 0 Å². The molecule has 2 aromatic carbocycles. The zero-order valence-corrected chi connectivity index (χ0v) is 13.8. The minimum atomic E-state index is -4.81. The monoisotopic (exact) mass is 394 g/mol. The largest absolute Gasteiger partial charge is 0.418 e. The summed E-state index contributed by atoms with van der Waals surface area (Å²) in [5, 5.41) is 10.5. The van der Waals surface area contributed by atoms with E-state index < -0.39 is 38.1 Å². The minimum absolute atomic E-state index is 0.0595. The van der Waals surface area contributed by atoms with Gasteiger partial charge in [0.2, 0.25) is 10.0 Å². The summed E-state index contributed by atoms with van der Waals surface area (Å²) >= 11 is 5.53. The molecule has 0 aromatic heterocycles. The highest BCUT2D eigenvalue weighted by molar-refractivity contribution is 7.91. The van der Waals surface area contributed by atoms with Crippen LogP contribution in [0, 0.1) is 10.1 Å². The molecule has 0 spiro atoms. The maximum Gasteiger partial charge on any atom is 0.418 e. The molecular weight excluding hydrogens is 385 g/mol. The topological polar surface area (TPSA) is 89.3 Å². The first-order valence-corrected chi connectivity index (χ1v) is 8.61. The first-order valence-electron chi connectivity index (χ1n) is 6.58. The summed E-state index contributed by atoms with van der Waals surface area (Å²) in [6.45, 7) is 0. The highest BCUT2D eigenvalue weighted by Crippen LogP contribution is 2.37. The number of nitrogens with one attached hydrogen (secondary N) is 1. The van der Waals surface area contributed by atoms with E-state index in [-0.39, 0.29) is 16.3 Å². The number of hydrogen-bond acceptors (Lipinski definition) is 4. The van der Waals surface area contributed by atoms with Gasteiger partial charge in [-0.3, -0.25) is 14.8 Å². The van der Waals surface area contributed by atoms with Gasteiger partial charge in [-0.2, -0.15) is 13.2 Å².